The minimum Gasteiger partial charge on any atom is -0.423 e. The zero-order chi connectivity index (χ0) is 17.2. The van der Waals surface area contributed by atoms with Crippen molar-refractivity contribution in [2.24, 2.45) is 0 Å². The van der Waals surface area contributed by atoms with Gasteiger partial charge in [0.25, 0.3) is 0 Å². The van der Waals surface area contributed by atoms with E-state index in [1.54, 1.807) is 6.07 Å². The molecule has 1 aliphatic heterocycles. The minimum absolute atomic E-state index is 0.205. The molecule has 0 bridgehead atoms. The highest BCUT2D eigenvalue weighted by Crippen LogP contribution is 2.28. The number of β-amino-alcohol motifs (C(OH)–C–C–N with tert-alkyl or cyclic N) is 1. The van der Waals surface area contributed by atoms with E-state index in [4.69, 9.17) is 9.52 Å². The van der Waals surface area contributed by atoms with Crippen molar-refractivity contribution in [3.8, 4) is 0 Å². The largest absolute Gasteiger partial charge is 0.423 e. The van der Waals surface area contributed by atoms with Crippen LogP contribution in [0.2, 0.25) is 0 Å². The molecule has 1 aliphatic rings. The molecular formula is C20H22N2O3. The summed E-state index contributed by atoms with van der Waals surface area (Å²) < 4.78 is 5.44. The number of aliphatic hydroxyl groups is 1. The molecule has 0 unspecified atom stereocenters. The van der Waals surface area contributed by atoms with Crippen LogP contribution in [0, 0.1) is 0 Å². The van der Waals surface area contributed by atoms with E-state index in [2.05, 4.69) is 21.9 Å². The van der Waals surface area contributed by atoms with E-state index < -0.39 is 0 Å². The van der Waals surface area contributed by atoms with Gasteiger partial charge in [0.1, 0.15) is 5.58 Å². The molecule has 2 aromatic carbocycles. The third-order valence-corrected chi connectivity index (χ3v) is 4.99. The van der Waals surface area contributed by atoms with E-state index in [1.807, 2.05) is 24.3 Å². The Bertz CT molecular complexity index is 942. The Morgan fingerprint density at radius 1 is 1.00 bits per heavy atom. The summed E-state index contributed by atoms with van der Waals surface area (Å²) in [4.78, 5) is 16.6. The second kappa shape index (κ2) is 6.96. The first-order chi connectivity index (χ1) is 12.2. The number of aliphatic hydroxyl groups excluding tert-OH is 1. The monoisotopic (exact) mass is 338 g/mol. The lowest BCUT2D eigenvalue weighted by molar-refractivity contribution is 0.108. The van der Waals surface area contributed by atoms with Gasteiger partial charge in [-0.25, -0.2) is 4.79 Å². The van der Waals surface area contributed by atoms with Crippen molar-refractivity contribution in [1.82, 2.24) is 9.80 Å². The maximum absolute atomic E-state index is 12.0. The van der Waals surface area contributed by atoms with Gasteiger partial charge in [0.15, 0.2) is 0 Å². The topological polar surface area (TPSA) is 56.9 Å². The van der Waals surface area contributed by atoms with Crippen LogP contribution < -0.4 is 5.63 Å². The van der Waals surface area contributed by atoms with Gasteiger partial charge in [-0.15, -0.1) is 0 Å². The number of rotatable bonds is 4. The number of hydrogen-bond donors (Lipinski definition) is 1. The fourth-order valence-corrected chi connectivity index (χ4v) is 3.70. The highest BCUT2D eigenvalue weighted by Gasteiger charge is 2.18. The zero-order valence-corrected chi connectivity index (χ0v) is 14.1. The molecule has 1 saturated heterocycles. The Morgan fingerprint density at radius 2 is 1.76 bits per heavy atom. The fourth-order valence-electron chi connectivity index (χ4n) is 3.70. The normalized spacial score (nSPS) is 16.7. The standard InChI is InChI=1S/C20H22N2O3/c23-12-11-21-7-9-22(10-8-21)14-16-13-19(24)25-18-6-5-15-3-1-2-4-17(15)20(16)18/h1-6,13,23H,7-12,14H2. The van der Waals surface area contributed by atoms with Crippen LogP contribution in [0.15, 0.2) is 51.7 Å². The Kier molecular flexibility index (Phi) is 4.53. The number of benzene rings is 2. The molecule has 1 N–H and O–H groups in total. The van der Waals surface area contributed by atoms with Crippen LogP contribution in [0.1, 0.15) is 5.56 Å². The molecule has 3 aromatic rings. The summed E-state index contributed by atoms with van der Waals surface area (Å²) in [7, 11) is 0. The van der Waals surface area contributed by atoms with E-state index in [0.29, 0.717) is 5.58 Å². The predicted molar refractivity (Wildman–Crippen MR) is 98.8 cm³/mol. The molecule has 0 amide bonds. The number of hydrogen-bond acceptors (Lipinski definition) is 5. The van der Waals surface area contributed by atoms with Gasteiger partial charge >= 0.3 is 5.63 Å². The third-order valence-electron chi connectivity index (χ3n) is 4.99. The molecule has 0 spiro atoms. The summed E-state index contributed by atoms with van der Waals surface area (Å²) in [6, 6.07) is 13.7. The molecule has 1 aromatic heterocycles. The van der Waals surface area contributed by atoms with E-state index >= 15 is 0 Å². The molecule has 0 radical (unpaired) electrons. The molecule has 5 heteroatoms. The number of piperazine rings is 1. The molecule has 2 heterocycles. The average molecular weight is 338 g/mol. The van der Waals surface area contributed by atoms with Gasteiger partial charge in [-0.3, -0.25) is 9.80 Å². The van der Waals surface area contributed by atoms with Crippen molar-refractivity contribution in [3.63, 3.8) is 0 Å². The van der Waals surface area contributed by atoms with Crippen molar-refractivity contribution in [2.45, 2.75) is 6.54 Å². The van der Waals surface area contributed by atoms with Gasteiger partial charge in [0.05, 0.1) is 6.61 Å². The highest BCUT2D eigenvalue weighted by molar-refractivity contribution is 6.07. The first kappa shape index (κ1) is 16.3. The van der Waals surface area contributed by atoms with E-state index in [1.165, 1.54) is 0 Å². The molecular weight excluding hydrogens is 316 g/mol. The van der Waals surface area contributed by atoms with E-state index in [9.17, 15) is 4.79 Å². The Hall–Kier alpha value is -2.21. The Labute approximate surface area is 146 Å². The van der Waals surface area contributed by atoms with Crippen molar-refractivity contribution < 1.29 is 9.52 Å². The van der Waals surface area contributed by atoms with Crippen LogP contribution in [0.5, 0.6) is 0 Å². The van der Waals surface area contributed by atoms with Crippen LogP contribution in [0.25, 0.3) is 21.7 Å². The molecule has 4 rings (SSSR count). The van der Waals surface area contributed by atoms with E-state index in [0.717, 1.165) is 61.0 Å². The molecule has 1 fully saturated rings. The van der Waals surface area contributed by atoms with Gasteiger partial charge in [0.2, 0.25) is 0 Å². The van der Waals surface area contributed by atoms with Crippen LogP contribution in [0.3, 0.4) is 0 Å². The highest BCUT2D eigenvalue weighted by atomic mass is 16.4. The number of fused-ring (bicyclic) bond motifs is 3. The molecule has 0 aliphatic carbocycles. The summed E-state index contributed by atoms with van der Waals surface area (Å²) in [6.07, 6.45) is 0. The molecule has 0 atom stereocenters. The zero-order valence-electron chi connectivity index (χ0n) is 14.1. The summed E-state index contributed by atoms with van der Waals surface area (Å²) >= 11 is 0. The van der Waals surface area contributed by atoms with Crippen molar-refractivity contribution in [3.05, 3.63) is 58.4 Å². The quantitative estimate of drug-likeness (QED) is 0.583. The van der Waals surface area contributed by atoms with Crippen LogP contribution >= 0.6 is 0 Å². The van der Waals surface area contributed by atoms with Gasteiger partial charge in [-0.1, -0.05) is 30.3 Å². The summed E-state index contributed by atoms with van der Waals surface area (Å²) in [5.41, 5.74) is 1.38. The smallest absolute Gasteiger partial charge is 0.336 e. The van der Waals surface area contributed by atoms with Crippen molar-refractivity contribution in [1.29, 1.82) is 0 Å². The summed E-state index contributed by atoms with van der Waals surface area (Å²) in [6.45, 7) is 5.44. The van der Waals surface area contributed by atoms with Gasteiger partial charge in [-0.2, -0.15) is 0 Å². The van der Waals surface area contributed by atoms with Crippen LogP contribution in [-0.4, -0.2) is 54.2 Å². The minimum atomic E-state index is -0.295. The van der Waals surface area contributed by atoms with Crippen molar-refractivity contribution in [2.75, 3.05) is 39.3 Å². The lowest BCUT2D eigenvalue weighted by Gasteiger charge is -2.34. The van der Waals surface area contributed by atoms with Crippen molar-refractivity contribution >= 4 is 21.7 Å². The van der Waals surface area contributed by atoms with Gasteiger partial charge in [-0.05, 0) is 22.4 Å². The maximum Gasteiger partial charge on any atom is 0.336 e. The lowest BCUT2D eigenvalue weighted by atomic mass is 10.0. The Balaban J connectivity index is 1.69. The maximum atomic E-state index is 12.0. The first-order valence-corrected chi connectivity index (χ1v) is 8.74. The fraction of sp³-hybridized carbons (Fsp3) is 0.350. The SMILES string of the molecule is O=c1cc(CN2CCN(CCO)CC2)c2c(ccc3ccccc32)o1. The first-order valence-electron chi connectivity index (χ1n) is 8.74. The van der Waals surface area contributed by atoms with Crippen LogP contribution in [-0.2, 0) is 6.54 Å². The molecule has 130 valence electrons. The summed E-state index contributed by atoms with van der Waals surface area (Å²) in [5.74, 6) is 0. The summed E-state index contributed by atoms with van der Waals surface area (Å²) in [5, 5.41) is 12.4. The van der Waals surface area contributed by atoms with Gasteiger partial charge in [0, 0.05) is 50.7 Å². The second-order valence-electron chi connectivity index (χ2n) is 6.59. The molecule has 0 saturated carbocycles. The average Bonchev–Trinajstić information content (AvgIpc) is 2.63. The Morgan fingerprint density at radius 3 is 2.56 bits per heavy atom. The third kappa shape index (κ3) is 3.31. The predicted octanol–water partition coefficient (Wildman–Crippen LogP) is 2.06. The van der Waals surface area contributed by atoms with Crippen LogP contribution in [0.4, 0.5) is 0 Å². The number of nitrogens with zero attached hydrogens (tertiary/aromatic N) is 2. The molecule has 5 nitrogen and oxygen atoms in total. The second-order valence-corrected chi connectivity index (χ2v) is 6.59. The molecule has 25 heavy (non-hydrogen) atoms. The van der Waals surface area contributed by atoms with E-state index in [-0.39, 0.29) is 12.2 Å². The van der Waals surface area contributed by atoms with Gasteiger partial charge < -0.3 is 9.52 Å². The lowest BCUT2D eigenvalue weighted by Crippen LogP contribution is -2.46.